The Morgan fingerprint density at radius 3 is 2.74 bits per heavy atom. The van der Waals surface area contributed by atoms with Crippen LogP contribution in [0.2, 0.25) is 0 Å². The minimum atomic E-state index is -0.368. The van der Waals surface area contributed by atoms with Crippen molar-refractivity contribution < 1.29 is 19.1 Å². The van der Waals surface area contributed by atoms with Gasteiger partial charge in [-0.3, -0.25) is 9.59 Å². The lowest BCUT2D eigenvalue weighted by molar-refractivity contribution is -0.129. The van der Waals surface area contributed by atoms with Crippen molar-refractivity contribution in [2.24, 2.45) is 23.2 Å². The van der Waals surface area contributed by atoms with E-state index in [2.05, 4.69) is 18.3 Å². The monoisotopic (exact) mass is 421 g/mol. The van der Waals surface area contributed by atoms with E-state index in [0.717, 1.165) is 25.7 Å². The van der Waals surface area contributed by atoms with Crippen LogP contribution in [0.25, 0.3) is 0 Å². The molecule has 0 aliphatic heterocycles. The summed E-state index contributed by atoms with van der Waals surface area (Å²) in [7, 11) is 0. The maximum atomic E-state index is 13.2. The molecule has 5 atom stereocenters. The highest BCUT2D eigenvalue weighted by atomic mass is 19.1. The van der Waals surface area contributed by atoms with Gasteiger partial charge in [-0.05, 0) is 96.9 Å². The molecule has 1 unspecified atom stereocenters. The topological polar surface area (TPSA) is 66.4 Å². The van der Waals surface area contributed by atoms with E-state index < -0.39 is 0 Å². The minimum Gasteiger partial charge on any atom is -0.508 e. The molecule has 2 fully saturated rings. The third-order valence-corrected chi connectivity index (χ3v) is 8.19. The number of halogens is 1. The second kappa shape index (κ2) is 7.47. The Balaban J connectivity index is 1.37. The zero-order valence-corrected chi connectivity index (χ0v) is 17.7. The summed E-state index contributed by atoms with van der Waals surface area (Å²) in [5.74, 6) is 1.23. The van der Waals surface area contributed by atoms with Crippen LogP contribution in [0.5, 0.6) is 5.75 Å². The van der Waals surface area contributed by atoms with Gasteiger partial charge in [-0.1, -0.05) is 13.0 Å². The van der Waals surface area contributed by atoms with Crippen molar-refractivity contribution in [1.82, 2.24) is 5.32 Å². The molecule has 3 aliphatic carbocycles. The highest BCUT2D eigenvalue weighted by Crippen LogP contribution is 2.61. The molecule has 5 heteroatoms. The van der Waals surface area contributed by atoms with E-state index in [0.29, 0.717) is 41.9 Å². The Bertz CT molecular complexity index is 1030. The van der Waals surface area contributed by atoms with Crippen LogP contribution in [0.3, 0.4) is 0 Å². The first-order valence-corrected chi connectivity index (χ1v) is 11.3. The number of carbonyl (C=O) groups excluding carboxylic acids is 2. The molecule has 3 aliphatic rings. The van der Waals surface area contributed by atoms with E-state index in [1.165, 1.54) is 35.4 Å². The molecule has 162 valence electrons. The molecule has 0 saturated heterocycles. The standard InChI is InChI=1S/C26H28FNO3/c1-26-11-10-21-20-9-7-19(29)12-16(20)4-8-22(21)24(26)17(13-23(26)30)14-28-25(31)15-2-5-18(27)6-3-15/h2-3,5-7,9,12,17,21-22,24,29H,4,8,10-11,13-14H2,1H3,(H,28,31)/t17-,21?,22-,24+,26-/m1/s1. The van der Waals surface area contributed by atoms with Crippen LogP contribution in [0.4, 0.5) is 4.39 Å². The lowest BCUT2D eigenvalue weighted by Crippen LogP contribution is -2.46. The third kappa shape index (κ3) is 3.35. The van der Waals surface area contributed by atoms with Crippen LogP contribution in [-0.2, 0) is 11.2 Å². The number of aryl methyl sites for hydroxylation is 1. The fourth-order valence-electron chi connectivity index (χ4n) is 6.74. The average Bonchev–Trinajstić information content (AvgIpc) is 3.02. The summed E-state index contributed by atoms with van der Waals surface area (Å²) in [6, 6.07) is 11.3. The molecule has 0 radical (unpaired) electrons. The van der Waals surface area contributed by atoms with Crippen molar-refractivity contribution >= 4 is 11.7 Å². The van der Waals surface area contributed by atoms with Crippen LogP contribution in [0.1, 0.15) is 60.0 Å². The molecule has 0 heterocycles. The van der Waals surface area contributed by atoms with E-state index in [-0.39, 0.29) is 29.0 Å². The number of benzene rings is 2. The predicted octanol–water partition coefficient (Wildman–Crippen LogP) is 4.61. The molecular formula is C26H28FNO3. The number of aromatic hydroxyl groups is 1. The summed E-state index contributed by atoms with van der Waals surface area (Å²) in [6.45, 7) is 2.60. The molecule has 0 bridgehead atoms. The van der Waals surface area contributed by atoms with E-state index >= 15 is 0 Å². The zero-order valence-electron chi connectivity index (χ0n) is 17.7. The number of rotatable bonds is 3. The molecule has 5 rings (SSSR count). The molecule has 2 aromatic carbocycles. The highest BCUT2D eigenvalue weighted by Gasteiger charge is 2.58. The Morgan fingerprint density at radius 2 is 1.97 bits per heavy atom. The normalized spacial score (nSPS) is 31.5. The Hall–Kier alpha value is -2.69. The van der Waals surface area contributed by atoms with Gasteiger partial charge in [-0.25, -0.2) is 4.39 Å². The lowest BCUT2D eigenvalue weighted by atomic mass is 9.54. The quantitative estimate of drug-likeness (QED) is 0.760. The fraction of sp³-hybridized carbons (Fsp3) is 0.462. The lowest BCUT2D eigenvalue weighted by Gasteiger charge is -2.49. The van der Waals surface area contributed by atoms with E-state index in [9.17, 15) is 19.1 Å². The summed E-state index contributed by atoms with van der Waals surface area (Å²) >= 11 is 0. The fourth-order valence-corrected chi connectivity index (χ4v) is 6.74. The van der Waals surface area contributed by atoms with E-state index in [1.54, 1.807) is 6.07 Å². The SMILES string of the molecule is C[C@]12CCC3c4ccc(O)cc4CC[C@H]3[C@@H]1[C@@H](CNC(=O)c1ccc(F)cc1)CC2=O. The van der Waals surface area contributed by atoms with Crippen molar-refractivity contribution in [3.63, 3.8) is 0 Å². The predicted molar refractivity (Wildman–Crippen MR) is 115 cm³/mol. The summed E-state index contributed by atoms with van der Waals surface area (Å²) in [4.78, 5) is 25.6. The number of carbonyl (C=O) groups is 2. The van der Waals surface area contributed by atoms with Gasteiger partial charge in [0.05, 0.1) is 0 Å². The van der Waals surface area contributed by atoms with Gasteiger partial charge in [0.1, 0.15) is 17.3 Å². The van der Waals surface area contributed by atoms with Gasteiger partial charge in [0, 0.05) is 23.9 Å². The van der Waals surface area contributed by atoms with Crippen LogP contribution in [0.15, 0.2) is 42.5 Å². The summed E-state index contributed by atoms with van der Waals surface area (Å²) in [5, 5.41) is 12.9. The van der Waals surface area contributed by atoms with Gasteiger partial charge in [-0.2, -0.15) is 0 Å². The molecule has 0 aromatic heterocycles. The van der Waals surface area contributed by atoms with Gasteiger partial charge in [0.25, 0.3) is 5.91 Å². The molecule has 0 spiro atoms. The zero-order chi connectivity index (χ0) is 21.8. The maximum Gasteiger partial charge on any atom is 0.251 e. The summed E-state index contributed by atoms with van der Waals surface area (Å²) in [6.07, 6.45) is 4.31. The molecule has 2 N–H and O–H groups in total. The minimum absolute atomic E-state index is 0.119. The number of phenolic OH excluding ortho intramolecular Hbond substituents is 1. The summed E-state index contributed by atoms with van der Waals surface area (Å²) < 4.78 is 13.2. The van der Waals surface area contributed by atoms with Crippen molar-refractivity contribution in [3.05, 3.63) is 65.0 Å². The Labute approximate surface area is 181 Å². The number of nitrogens with one attached hydrogen (secondary N) is 1. The van der Waals surface area contributed by atoms with Crippen LogP contribution >= 0.6 is 0 Å². The first-order valence-electron chi connectivity index (χ1n) is 11.3. The molecule has 31 heavy (non-hydrogen) atoms. The molecule has 4 nitrogen and oxygen atoms in total. The number of fused-ring (bicyclic) bond motifs is 5. The Kier molecular flexibility index (Phi) is 4.87. The van der Waals surface area contributed by atoms with Gasteiger partial charge < -0.3 is 10.4 Å². The second-order valence-corrected chi connectivity index (χ2v) is 9.78. The number of hydrogen-bond donors (Lipinski definition) is 2. The second-order valence-electron chi connectivity index (χ2n) is 9.78. The smallest absolute Gasteiger partial charge is 0.251 e. The first-order chi connectivity index (χ1) is 14.9. The average molecular weight is 422 g/mol. The largest absolute Gasteiger partial charge is 0.508 e. The third-order valence-electron chi connectivity index (χ3n) is 8.19. The number of phenols is 1. The van der Waals surface area contributed by atoms with Crippen molar-refractivity contribution in [3.8, 4) is 5.75 Å². The molecular weight excluding hydrogens is 393 g/mol. The van der Waals surface area contributed by atoms with Gasteiger partial charge in [0.2, 0.25) is 0 Å². The number of Topliss-reactive ketones (excluding diaryl/α,β-unsaturated/α-hetero) is 1. The van der Waals surface area contributed by atoms with Crippen LogP contribution in [-0.4, -0.2) is 23.3 Å². The first kappa shape index (κ1) is 20.2. The van der Waals surface area contributed by atoms with Crippen molar-refractivity contribution in [1.29, 1.82) is 0 Å². The Morgan fingerprint density at radius 1 is 1.19 bits per heavy atom. The number of hydrogen-bond acceptors (Lipinski definition) is 3. The van der Waals surface area contributed by atoms with Gasteiger partial charge in [0.15, 0.2) is 0 Å². The molecule has 1 amide bonds. The van der Waals surface area contributed by atoms with Crippen molar-refractivity contribution in [2.75, 3.05) is 6.54 Å². The highest BCUT2D eigenvalue weighted by molar-refractivity contribution is 5.94. The van der Waals surface area contributed by atoms with E-state index in [1.807, 2.05) is 6.07 Å². The van der Waals surface area contributed by atoms with E-state index in [4.69, 9.17) is 0 Å². The van der Waals surface area contributed by atoms with Crippen LogP contribution in [0, 0.1) is 29.0 Å². The van der Waals surface area contributed by atoms with Gasteiger partial charge in [-0.15, -0.1) is 0 Å². The van der Waals surface area contributed by atoms with Crippen molar-refractivity contribution in [2.45, 2.75) is 44.9 Å². The number of amides is 1. The molecule has 2 saturated carbocycles. The maximum absolute atomic E-state index is 13.2. The van der Waals surface area contributed by atoms with Crippen LogP contribution < -0.4 is 5.32 Å². The summed E-state index contributed by atoms with van der Waals surface area (Å²) in [5.41, 5.74) is 2.67. The van der Waals surface area contributed by atoms with Gasteiger partial charge >= 0.3 is 0 Å². The molecule has 2 aromatic rings. The number of ketones is 1.